The van der Waals surface area contributed by atoms with Crippen molar-refractivity contribution in [3.63, 3.8) is 0 Å². The number of ether oxygens (including phenoxy) is 4. The van der Waals surface area contributed by atoms with Gasteiger partial charge in [0.1, 0.15) is 22.7 Å². The normalized spacial score (nSPS) is 12.1. The Bertz CT molecular complexity index is 1350. The van der Waals surface area contributed by atoms with Gasteiger partial charge in [0.25, 0.3) is 0 Å². The molecule has 2 aromatic carbocycles. The quantitative estimate of drug-likeness (QED) is 0.311. The van der Waals surface area contributed by atoms with Crippen LogP contribution in [0.15, 0.2) is 48.5 Å². The number of carbonyl (C=O) groups excluding carboxylic acids is 2. The second-order valence-electron chi connectivity index (χ2n) is 10.5. The Morgan fingerprint density at radius 1 is 0.611 bits per heavy atom. The van der Waals surface area contributed by atoms with E-state index in [1.807, 2.05) is 65.8 Å². The topological polar surface area (TPSA) is 80.9 Å². The molecular weight excluding hydrogens is 460 g/mol. The van der Waals surface area contributed by atoms with E-state index in [9.17, 15) is 9.59 Å². The summed E-state index contributed by atoms with van der Waals surface area (Å²) in [6, 6.07) is 14.5. The molecule has 2 heterocycles. The first-order valence-electron chi connectivity index (χ1n) is 11.7. The number of benzene rings is 2. The van der Waals surface area contributed by atoms with Crippen molar-refractivity contribution in [3.05, 3.63) is 48.5 Å². The van der Waals surface area contributed by atoms with Gasteiger partial charge in [-0.05, 0) is 90.1 Å². The van der Waals surface area contributed by atoms with Gasteiger partial charge < -0.3 is 18.9 Å². The molecule has 0 bridgehead atoms. The summed E-state index contributed by atoms with van der Waals surface area (Å²) in [4.78, 5) is 26.9. The lowest BCUT2D eigenvalue weighted by atomic mass is 10.2. The molecule has 0 amide bonds. The van der Waals surface area contributed by atoms with E-state index in [1.165, 1.54) is 9.13 Å². The van der Waals surface area contributed by atoms with Crippen LogP contribution in [0.1, 0.15) is 41.5 Å². The van der Waals surface area contributed by atoms with Gasteiger partial charge >= 0.3 is 12.2 Å². The van der Waals surface area contributed by atoms with E-state index in [-0.39, 0.29) is 0 Å². The number of carbonyl (C=O) groups is 2. The zero-order valence-electron chi connectivity index (χ0n) is 22.0. The molecule has 0 unspecified atom stereocenters. The zero-order valence-corrected chi connectivity index (χ0v) is 22.0. The third kappa shape index (κ3) is 4.89. The minimum absolute atomic E-state index is 0.480. The number of aromatic nitrogens is 2. The summed E-state index contributed by atoms with van der Waals surface area (Å²) < 4.78 is 25.2. The van der Waals surface area contributed by atoms with Crippen LogP contribution in [-0.2, 0) is 9.47 Å². The lowest BCUT2D eigenvalue weighted by Crippen LogP contribution is -2.29. The Labute approximate surface area is 210 Å². The van der Waals surface area contributed by atoms with Crippen molar-refractivity contribution < 1.29 is 28.5 Å². The molecule has 8 nitrogen and oxygen atoms in total. The van der Waals surface area contributed by atoms with Crippen molar-refractivity contribution in [2.75, 3.05) is 14.2 Å². The highest BCUT2D eigenvalue weighted by Gasteiger charge is 2.28. The summed E-state index contributed by atoms with van der Waals surface area (Å²) in [5.74, 6) is 1.29. The number of rotatable bonds is 3. The Hall–Kier alpha value is -3.94. The molecule has 8 heteroatoms. The van der Waals surface area contributed by atoms with Crippen LogP contribution >= 0.6 is 0 Å². The van der Waals surface area contributed by atoms with Gasteiger partial charge in [-0.1, -0.05) is 0 Å². The second kappa shape index (κ2) is 8.93. The van der Waals surface area contributed by atoms with Gasteiger partial charge in [-0.3, -0.25) is 0 Å². The number of methoxy groups -OCH3 is 2. The van der Waals surface area contributed by atoms with E-state index < -0.39 is 23.4 Å². The van der Waals surface area contributed by atoms with Crippen molar-refractivity contribution in [1.82, 2.24) is 9.13 Å². The monoisotopic (exact) mass is 492 g/mol. The molecule has 2 aromatic heterocycles. The van der Waals surface area contributed by atoms with Crippen LogP contribution in [0.5, 0.6) is 11.5 Å². The van der Waals surface area contributed by atoms with Crippen molar-refractivity contribution in [3.8, 4) is 22.9 Å². The number of hydrogen-bond acceptors (Lipinski definition) is 6. The van der Waals surface area contributed by atoms with Crippen LogP contribution in [0.25, 0.3) is 33.2 Å². The molecule has 0 aliphatic carbocycles. The summed E-state index contributed by atoms with van der Waals surface area (Å²) in [6.45, 7) is 10.9. The molecule has 0 saturated heterocycles. The highest BCUT2D eigenvalue weighted by molar-refractivity contribution is 6.01. The van der Waals surface area contributed by atoms with Gasteiger partial charge in [-0.25, -0.2) is 18.7 Å². The predicted molar refractivity (Wildman–Crippen MR) is 139 cm³/mol. The maximum Gasteiger partial charge on any atom is 0.419 e. The summed E-state index contributed by atoms with van der Waals surface area (Å²) in [6.07, 6.45) is -1.12. The molecule has 4 rings (SSSR count). The molecule has 36 heavy (non-hydrogen) atoms. The van der Waals surface area contributed by atoms with E-state index in [1.54, 1.807) is 38.5 Å². The van der Waals surface area contributed by atoms with Crippen molar-refractivity contribution in [1.29, 1.82) is 0 Å². The summed E-state index contributed by atoms with van der Waals surface area (Å²) in [5, 5.41) is 1.52. The first-order chi connectivity index (χ1) is 16.8. The standard InChI is InChI=1S/C28H32N2O6/c1-27(2,3)35-25(31)29-21-11-9-19(33-7)13-17(21)15-23(29)24-16-18-14-20(34-8)10-12-22(18)30(24)26(32)36-28(4,5)6/h9-16H,1-8H3. The maximum atomic E-state index is 13.5. The van der Waals surface area contributed by atoms with Gasteiger partial charge in [0.05, 0.1) is 36.6 Å². The number of nitrogens with zero attached hydrogens (tertiary/aromatic N) is 2. The van der Waals surface area contributed by atoms with Crippen LogP contribution in [0.3, 0.4) is 0 Å². The molecule has 0 radical (unpaired) electrons. The van der Waals surface area contributed by atoms with E-state index in [2.05, 4.69) is 0 Å². The third-order valence-electron chi connectivity index (χ3n) is 5.43. The number of fused-ring (bicyclic) bond motifs is 2. The van der Waals surface area contributed by atoms with Gasteiger partial charge in [0.15, 0.2) is 0 Å². The fourth-order valence-electron chi connectivity index (χ4n) is 4.03. The van der Waals surface area contributed by atoms with Crippen LogP contribution in [0, 0.1) is 0 Å². The van der Waals surface area contributed by atoms with Gasteiger partial charge in [-0.15, -0.1) is 0 Å². The Morgan fingerprint density at radius 3 is 1.28 bits per heavy atom. The molecule has 0 saturated carbocycles. The van der Waals surface area contributed by atoms with E-state index in [4.69, 9.17) is 18.9 Å². The van der Waals surface area contributed by atoms with Crippen LogP contribution < -0.4 is 9.47 Å². The molecular formula is C28H32N2O6. The molecule has 0 spiro atoms. The van der Waals surface area contributed by atoms with E-state index in [0.717, 1.165) is 10.8 Å². The molecule has 0 fully saturated rings. The van der Waals surface area contributed by atoms with Crippen LogP contribution in [0.4, 0.5) is 9.59 Å². The SMILES string of the molecule is COc1ccc2c(c1)cc(-c1cc3cc(OC)ccc3n1C(=O)OC(C)(C)C)n2C(=O)OC(C)(C)C. The molecule has 4 aromatic rings. The van der Waals surface area contributed by atoms with Crippen molar-refractivity contribution in [2.45, 2.75) is 52.7 Å². The largest absolute Gasteiger partial charge is 0.497 e. The number of hydrogen-bond donors (Lipinski definition) is 0. The Balaban J connectivity index is 2.04. The average molecular weight is 493 g/mol. The Kier molecular flexibility index (Phi) is 6.24. The minimum atomic E-state index is -0.720. The highest BCUT2D eigenvalue weighted by Crippen LogP contribution is 2.36. The van der Waals surface area contributed by atoms with Crippen LogP contribution in [-0.4, -0.2) is 46.7 Å². The van der Waals surface area contributed by atoms with Gasteiger partial charge in [0, 0.05) is 10.8 Å². The highest BCUT2D eigenvalue weighted by atomic mass is 16.6. The zero-order chi connectivity index (χ0) is 26.4. The molecule has 0 aliphatic rings. The van der Waals surface area contributed by atoms with Crippen LogP contribution in [0.2, 0.25) is 0 Å². The fraction of sp³-hybridized carbons (Fsp3) is 0.357. The van der Waals surface area contributed by atoms with Crippen molar-refractivity contribution >= 4 is 34.0 Å². The molecule has 0 aliphatic heterocycles. The summed E-state index contributed by atoms with van der Waals surface area (Å²) in [5.41, 5.74) is 0.769. The average Bonchev–Trinajstić information content (AvgIpc) is 3.33. The third-order valence-corrected chi connectivity index (χ3v) is 5.43. The Morgan fingerprint density at radius 2 is 0.972 bits per heavy atom. The lowest BCUT2D eigenvalue weighted by Gasteiger charge is -2.22. The summed E-state index contributed by atoms with van der Waals surface area (Å²) in [7, 11) is 3.17. The lowest BCUT2D eigenvalue weighted by molar-refractivity contribution is 0.0527. The predicted octanol–water partition coefficient (Wildman–Crippen LogP) is 6.85. The van der Waals surface area contributed by atoms with Gasteiger partial charge in [-0.2, -0.15) is 0 Å². The van der Waals surface area contributed by atoms with E-state index in [0.29, 0.717) is 33.9 Å². The molecule has 0 N–H and O–H groups in total. The summed E-state index contributed by atoms with van der Waals surface area (Å²) >= 11 is 0. The second-order valence-corrected chi connectivity index (χ2v) is 10.5. The van der Waals surface area contributed by atoms with Crippen molar-refractivity contribution in [2.24, 2.45) is 0 Å². The fourth-order valence-corrected chi connectivity index (χ4v) is 4.03. The first-order valence-corrected chi connectivity index (χ1v) is 11.7. The molecule has 0 atom stereocenters. The minimum Gasteiger partial charge on any atom is -0.497 e. The van der Waals surface area contributed by atoms with E-state index >= 15 is 0 Å². The van der Waals surface area contributed by atoms with Gasteiger partial charge in [0.2, 0.25) is 0 Å². The maximum absolute atomic E-state index is 13.5. The molecule has 190 valence electrons. The first kappa shape index (κ1) is 25.2. The smallest absolute Gasteiger partial charge is 0.419 e.